The Hall–Kier alpha value is -0.660. The second-order valence-electron chi connectivity index (χ2n) is 5.42. The molecule has 1 aromatic heterocycles. The highest BCUT2D eigenvalue weighted by molar-refractivity contribution is 7.91. The van der Waals surface area contributed by atoms with E-state index in [9.17, 15) is 13.2 Å². The fourth-order valence-electron chi connectivity index (χ4n) is 2.65. The SMILES string of the molecule is Cc1[nH]c(=O)sc1S(=O)(=O)NC1CCCC(C)C1C. The molecule has 19 heavy (non-hydrogen) atoms. The van der Waals surface area contributed by atoms with Crippen molar-refractivity contribution in [1.82, 2.24) is 9.71 Å². The van der Waals surface area contributed by atoms with Gasteiger partial charge in [0.2, 0.25) is 0 Å². The van der Waals surface area contributed by atoms with E-state index in [4.69, 9.17) is 0 Å². The van der Waals surface area contributed by atoms with Crippen molar-refractivity contribution in [2.24, 2.45) is 11.8 Å². The Kier molecular flexibility index (Phi) is 4.17. The van der Waals surface area contributed by atoms with Gasteiger partial charge in [-0.15, -0.1) is 0 Å². The van der Waals surface area contributed by atoms with Crippen LogP contribution in [0, 0.1) is 18.8 Å². The van der Waals surface area contributed by atoms with Gasteiger partial charge in [-0.3, -0.25) is 4.79 Å². The number of rotatable bonds is 3. The summed E-state index contributed by atoms with van der Waals surface area (Å²) in [6.07, 6.45) is 3.06. The molecule has 2 N–H and O–H groups in total. The summed E-state index contributed by atoms with van der Waals surface area (Å²) in [5.74, 6) is 0.840. The third-order valence-corrected chi connectivity index (χ3v) is 7.13. The van der Waals surface area contributed by atoms with Gasteiger partial charge in [0, 0.05) is 11.7 Å². The standard InChI is InChI=1S/C12H20N2O3S2/c1-7-5-4-6-10(8(7)2)14-19(16,17)11-9(3)13-12(15)18-11/h7-8,10,14H,4-6H2,1-3H3,(H,13,15). The summed E-state index contributed by atoms with van der Waals surface area (Å²) in [6.45, 7) is 5.86. The Morgan fingerprint density at radius 3 is 2.58 bits per heavy atom. The number of nitrogens with one attached hydrogen (secondary N) is 2. The molecule has 1 fully saturated rings. The number of thiazole rings is 1. The van der Waals surface area contributed by atoms with E-state index < -0.39 is 10.0 Å². The number of aromatic nitrogens is 1. The lowest BCUT2D eigenvalue weighted by molar-refractivity contribution is 0.227. The molecule has 1 heterocycles. The second-order valence-corrected chi connectivity index (χ2v) is 8.31. The molecule has 7 heteroatoms. The molecule has 3 atom stereocenters. The Bertz CT molecular complexity index is 603. The molecule has 0 bridgehead atoms. The molecule has 5 nitrogen and oxygen atoms in total. The van der Waals surface area contributed by atoms with E-state index in [1.165, 1.54) is 0 Å². The minimum absolute atomic E-state index is 0.0367. The maximum absolute atomic E-state index is 12.3. The molecular weight excluding hydrogens is 284 g/mol. The zero-order chi connectivity index (χ0) is 14.2. The lowest BCUT2D eigenvalue weighted by atomic mass is 9.78. The monoisotopic (exact) mass is 304 g/mol. The van der Waals surface area contributed by atoms with E-state index in [0.29, 0.717) is 17.5 Å². The Morgan fingerprint density at radius 2 is 2.00 bits per heavy atom. The molecular formula is C12H20N2O3S2. The molecule has 0 amide bonds. The van der Waals surface area contributed by atoms with Crippen molar-refractivity contribution in [2.45, 2.75) is 50.3 Å². The normalized spacial score (nSPS) is 28.5. The molecule has 1 aliphatic rings. The number of aryl methyl sites for hydroxylation is 1. The van der Waals surface area contributed by atoms with Crippen LogP contribution >= 0.6 is 11.3 Å². The van der Waals surface area contributed by atoms with Gasteiger partial charge in [-0.05, 0) is 25.2 Å². The molecule has 1 aliphatic carbocycles. The van der Waals surface area contributed by atoms with Crippen molar-refractivity contribution < 1.29 is 8.42 Å². The third kappa shape index (κ3) is 3.09. The quantitative estimate of drug-likeness (QED) is 0.894. The smallest absolute Gasteiger partial charge is 0.305 e. The molecule has 0 aliphatic heterocycles. The highest BCUT2D eigenvalue weighted by atomic mass is 32.2. The molecule has 0 aromatic carbocycles. The van der Waals surface area contributed by atoms with Crippen LogP contribution in [0.3, 0.4) is 0 Å². The Labute approximate surface area is 117 Å². The van der Waals surface area contributed by atoms with Crippen molar-refractivity contribution in [3.63, 3.8) is 0 Å². The van der Waals surface area contributed by atoms with Crippen LogP contribution in [0.2, 0.25) is 0 Å². The highest BCUT2D eigenvalue weighted by Crippen LogP contribution is 2.30. The fraction of sp³-hybridized carbons (Fsp3) is 0.750. The fourth-order valence-corrected chi connectivity index (χ4v) is 5.33. The maximum atomic E-state index is 12.3. The molecule has 108 valence electrons. The number of hydrogen-bond donors (Lipinski definition) is 2. The predicted molar refractivity (Wildman–Crippen MR) is 76.0 cm³/mol. The van der Waals surface area contributed by atoms with Crippen LogP contribution in [-0.2, 0) is 10.0 Å². The third-order valence-electron chi connectivity index (χ3n) is 4.04. The van der Waals surface area contributed by atoms with Crippen LogP contribution in [0.4, 0.5) is 0 Å². The first-order chi connectivity index (χ1) is 8.81. The van der Waals surface area contributed by atoms with Gasteiger partial charge in [-0.1, -0.05) is 38.0 Å². The molecule has 0 spiro atoms. The zero-order valence-corrected chi connectivity index (χ0v) is 13.0. The summed E-state index contributed by atoms with van der Waals surface area (Å²) in [7, 11) is -3.59. The van der Waals surface area contributed by atoms with E-state index in [2.05, 4.69) is 23.6 Å². The molecule has 1 aromatic rings. The van der Waals surface area contributed by atoms with Crippen LogP contribution in [0.25, 0.3) is 0 Å². The highest BCUT2D eigenvalue weighted by Gasteiger charge is 2.32. The second kappa shape index (κ2) is 5.38. The molecule has 3 unspecified atom stereocenters. The van der Waals surface area contributed by atoms with Crippen LogP contribution in [0.15, 0.2) is 9.00 Å². The maximum Gasteiger partial charge on any atom is 0.305 e. The minimum atomic E-state index is -3.59. The van der Waals surface area contributed by atoms with Crippen LogP contribution < -0.4 is 9.60 Å². The zero-order valence-electron chi connectivity index (χ0n) is 11.4. The van der Waals surface area contributed by atoms with E-state index in [-0.39, 0.29) is 15.1 Å². The topological polar surface area (TPSA) is 79.0 Å². The van der Waals surface area contributed by atoms with E-state index in [1.807, 2.05) is 0 Å². The lowest BCUT2D eigenvalue weighted by Gasteiger charge is -2.34. The van der Waals surface area contributed by atoms with Gasteiger partial charge in [-0.25, -0.2) is 13.1 Å². The average Bonchev–Trinajstić information content (AvgIpc) is 2.65. The van der Waals surface area contributed by atoms with Gasteiger partial charge < -0.3 is 4.98 Å². The molecule has 0 radical (unpaired) electrons. The first-order valence-corrected chi connectivity index (χ1v) is 8.83. The average molecular weight is 304 g/mol. The lowest BCUT2D eigenvalue weighted by Crippen LogP contribution is -2.43. The van der Waals surface area contributed by atoms with Crippen LogP contribution in [-0.4, -0.2) is 19.4 Å². The number of hydrogen-bond acceptors (Lipinski definition) is 4. The van der Waals surface area contributed by atoms with Gasteiger partial charge >= 0.3 is 4.87 Å². The molecule has 2 rings (SSSR count). The summed E-state index contributed by atoms with van der Waals surface area (Å²) < 4.78 is 27.5. The Morgan fingerprint density at radius 1 is 1.32 bits per heavy atom. The number of aromatic amines is 1. The van der Waals surface area contributed by atoms with Crippen molar-refractivity contribution in [3.8, 4) is 0 Å². The summed E-state index contributed by atoms with van der Waals surface area (Å²) in [4.78, 5) is 13.4. The van der Waals surface area contributed by atoms with Crippen molar-refractivity contribution >= 4 is 21.4 Å². The first-order valence-electron chi connectivity index (χ1n) is 6.53. The van der Waals surface area contributed by atoms with Gasteiger partial charge in [-0.2, -0.15) is 0 Å². The van der Waals surface area contributed by atoms with Crippen LogP contribution in [0.5, 0.6) is 0 Å². The molecule has 0 saturated heterocycles. The Balaban J connectivity index is 2.22. The van der Waals surface area contributed by atoms with Crippen molar-refractivity contribution in [1.29, 1.82) is 0 Å². The van der Waals surface area contributed by atoms with Gasteiger partial charge in [0.1, 0.15) is 0 Å². The molecule has 1 saturated carbocycles. The van der Waals surface area contributed by atoms with E-state index in [0.717, 1.165) is 30.6 Å². The van der Waals surface area contributed by atoms with E-state index in [1.54, 1.807) is 6.92 Å². The number of H-pyrrole nitrogens is 1. The summed E-state index contributed by atoms with van der Waals surface area (Å²) in [6, 6.07) is -0.0367. The summed E-state index contributed by atoms with van der Waals surface area (Å²) in [5.41, 5.74) is 0.416. The summed E-state index contributed by atoms with van der Waals surface area (Å²) in [5, 5.41) is 0. The minimum Gasteiger partial charge on any atom is -0.315 e. The summed E-state index contributed by atoms with van der Waals surface area (Å²) >= 11 is 0.750. The van der Waals surface area contributed by atoms with Gasteiger partial charge in [0.15, 0.2) is 4.21 Å². The first kappa shape index (κ1) is 14.7. The van der Waals surface area contributed by atoms with Gasteiger partial charge in [0.25, 0.3) is 10.0 Å². The van der Waals surface area contributed by atoms with Gasteiger partial charge in [0.05, 0.1) is 0 Å². The van der Waals surface area contributed by atoms with E-state index >= 15 is 0 Å². The predicted octanol–water partition coefficient (Wildman–Crippen LogP) is 1.85. The number of sulfonamides is 1. The van der Waals surface area contributed by atoms with Crippen molar-refractivity contribution in [3.05, 3.63) is 15.4 Å². The van der Waals surface area contributed by atoms with Crippen LogP contribution in [0.1, 0.15) is 38.8 Å². The van der Waals surface area contributed by atoms with Crippen molar-refractivity contribution in [2.75, 3.05) is 0 Å². The largest absolute Gasteiger partial charge is 0.315 e.